The summed E-state index contributed by atoms with van der Waals surface area (Å²) >= 11 is 0. The van der Waals surface area contributed by atoms with E-state index in [1.54, 1.807) is 45.6 Å². The molecule has 0 aliphatic carbocycles. The molecule has 0 radical (unpaired) electrons. The second kappa shape index (κ2) is 12.7. The average molecular weight is 771 g/mol. The van der Waals surface area contributed by atoms with Gasteiger partial charge in [0.2, 0.25) is 0 Å². The van der Waals surface area contributed by atoms with Crippen LogP contribution in [0.3, 0.4) is 0 Å². The second-order valence-corrected chi connectivity index (χ2v) is 21.2. The first-order valence-corrected chi connectivity index (χ1v) is 22.6. The van der Waals surface area contributed by atoms with Gasteiger partial charge in [0.1, 0.15) is 60.6 Å². The van der Waals surface area contributed by atoms with Crippen LogP contribution in [0.1, 0.15) is 23.6 Å². The normalized spacial score (nSPS) is 31.4. The molecule has 5 aliphatic heterocycles. The number of hydrogen-bond acceptors (Lipinski definition) is 19. The van der Waals surface area contributed by atoms with E-state index in [0.29, 0.717) is 57.7 Å². The molecule has 8 atom stereocenters. The minimum atomic E-state index is -2.53. The zero-order valence-electron chi connectivity index (χ0n) is 29.8. The van der Waals surface area contributed by atoms with Crippen molar-refractivity contribution >= 4 is 62.5 Å². The Bertz CT molecular complexity index is 2150. The second-order valence-electron chi connectivity index (χ2n) is 14.3. The third-order valence-electron chi connectivity index (χ3n) is 9.74. The third-order valence-corrected chi connectivity index (χ3v) is 15.4. The molecule has 21 nitrogen and oxygen atoms in total. The maximum absolute atomic E-state index is 11.2. The van der Waals surface area contributed by atoms with Crippen LogP contribution < -0.4 is 21.5 Å². The lowest BCUT2D eigenvalue weighted by Gasteiger charge is -2.39. The Morgan fingerprint density at radius 1 is 0.755 bits per heavy atom. The molecule has 2 unspecified atom stereocenters. The number of nitrogens with two attached hydrogens (primary N) is 2. The summed E-state index contributed by atoms with van der Waals surface area (Å²) in [6.45, 7) is 7.81. The van der Waals surface area contributed by atoms with Gasteiger partial charge in [-0.25, -0.2) is 30.0 Å². The molecule has 4 aromatic rings. The first-order chi connectivity index (χ1) is 25.1. The Labute approximate surface area is 304 Å². The van der Waals surface area contributed by atoms with E-state index in [0.717, 1.165) is 5.39 Å². The van der Waals surface area contributed by atoms with Crippen LogP contribution >= 0.6 is 0 Å². The van der Waals surface area contributed by atoms with Gasteiger partial charge in [0.05, 0.1) is 24.0 Å². The van der Waals surface area contributed by atoms with Crippen molar-refractivity contribution in [3.8, 4) is 0 Å². The molecule has 5 aliphatic rings. The molecule has 0 aromatic carbocycles. The number of hydrazone groups is 2. The molecule has 0 bridgehead atoms. The van der Waals surface area contributed by atoms with Gasteiger partial charge in [-0.05, 0) is 26.2 Å². The summed E-state index contributed by atoms with van der Waals surface area (Å²) in [7, 11) is -1.37. The first-order valence-electron chi connectivity index (χ1n) is 16.9. The number of ether oxygens (including phenoxy) is 2. The predicted octanol–water partition coefficient (Wildman–Crippen LogP) is -1.29. The Morgan fingerprint density at radius 3 is 1.79 bits per heavy atom. The number of anilines is 2. The lowest BCUT2D eigenvalue weighted by molar-refractivity contribution is -0.0536. The van der Waals surface area contributed by atoms with Crippen molar-refractivity contribution in [1.82, 2.24) is 29.1 Å². The van der Waals surface area contributed by atoms with Crippen molar-refractivity contribution in [2.45, 2.75) is 75.3 Å². The van der Waals surface area contributed by atoms with Gasteiger partial charge in [-0.2, -0.15) is 10.2 Å². The minimum Gasteiger partial charge on any atom is -0.415 e. The van der Waals surface area contributed by atoms with Gasteiger partial charge in [-0.15, -0.1) is 0 Å². The Hall–Kier alpha value is -4.15. The molecule has 4 aromatic heterocycles. The van der Waals surface area contributed by atoms with Crippen LogP contribution in [0, 0.1) is 0 Å². The molecular weight excluding hydrogens is 729 g/mol. The van der Waals surface area contributed by atoms with Gasteiger partial charge >= 0.3 is 17.1 Å². The van der Waals surface area contributed by atoms with E-state index in [-0.39, 0.29) is 0 Å². The largest absolute Gasteiger partial charge is 0.415 e. The molecule has 0 spiro atoms. The Balaban J connectivity index is 0.000000156. The molecule has 8 N–H and O–H groups in total. The highest BCUT2D eigenvalue weighted by Crippen LogP contribution is 2.41. The summed E-state index contributed by atoms with van der Waals surface area (Å²) in [5.74, 6) is 1.89. The van der Waals surface area contributed by atoms with Crippen molar-refractivity contribution in [2.24, 2.45) is 21.7 Å². The molecule has 53 heavy (non-hydrogen) atoms. The summed E-state index contributed by atoms with van der Waals surface area (Å²) < 4.78 is 33.8. The van der Waals surface area contributed by atoms with Crippen LogP contribution in [-0.4, -0.2) is 142 Å². The van der Waals surface area contributed by atoms with Crippen LogP contribution in [0.15, 0.2) is 35.3 Å². The number of hydrogen-bond donors (Lipinski definition) is 6. The fraction of sp³-hybridized carbons (Fsp3) is 0.533. The number of amidine groups is 2. The number of nitrogens with zero attached hydrogens (tertiary/aromatic N) is 10. The van der Waals surface area contributed by atoms with Crippen molar-refractivity contribution in [2.75, 3.05) is 37.3 Å². The first kappa shape index (κ1) is 35.9. The lowest BCUT2D eigenvalue weighted by Crippen LogP contribution is -2.56. The fourth-order valence-corrected chi connectivity index (χ4v) is 14.2. The third kappa shape index (κ3) is 5.88. The van der Waals surface area contributed by atoms with Crippen LogP contribution in [-0.2, 0) is 22.4 Å². The molecule has 23 heteroatoms. The molecule has 9 rings (SSSR count). The molecule has 0 saturated carbocycles. The van der Waals surface area contributed by atoms with E-state index in [9.17, 15) is 20.4 Å². The monoisotopic (exact) mass is 770 g/mol. The van der Waals surface area contributed by atoms with Crippen LogP contribution in [0.2, 0.25) is 26.2 Å². The number of fused-ring (bicyclic) bond motifs is 1. The van der Waals surface area contributed by atoms with Gasteiger partial charge in [0.25, 0.3) is 0 Å². The molecule has 3 fully saturated rings. The highest BCUT2D eigenvalue weighted by Gasteiger charge is 2.52. The van der Waals surface area contributed by atoms with Crippen molar-refractivity contribution in [1.29, 1.82) is 0 Å². The topological polar surface area (TPSA) is 272 Å². The van der Waals surface area contributed by atoms with E-state index in [4.69, 9.17) is 33.9 Å². The van der Waals surface area contributed by atoms with E-state index in [1.165, 1.54) is 12.7 Å². The maximum atomic E-state index is 11.2. The Kier molecular flexibility index (Phi) is 8.61. The predicted molar refractivity (Wildman–Crippen MR) is 193 cm³/mol. The van der Waals surface area contributed by atoms with Gasteiger partial charge in [0.15, 0.2) is 35.8 Å². The van der Waals surface area contributed by atoms with Crippen LogP contribution in [0.25, 0.3) is 22.1 Å². The van der Waals surface area contributed by atoms with Crippen molar-refractivity contribution < 1.29 is 42.9 Å². The highest BCUT2D eigenvalue weighted by molar-refractivity contribution is 6.78. The highest BCUT2D eigenvalue weighted by atomic mass is 28.5. The number of aliphatic hydroxyl groups excluding tert-OH is 4. The summed E-state index contributed by atoms with van der Waals surface area (Å²) in [4.78, 5) is 17.2. The molecule has 284 valence electrons. The van der Waals surface area contributed by atoms with Crippen molar-refractivity contribution in [3.63, 3.8) is 0 Å². The molecule has 9 heterocycles. The van der Waals surface area contributed by atoms with E-state index < -0.39 is 72.8 Å². The van der Waals surface area contributed by atoms with Crippen molar-refractivity contribution in [3.05, 3.63) is 36.2 Å². The summed E-state index contributed by atoms with van der Waals surface area (Å²) in [6.07, 6.45) is -0.474. The average Bonchev–Trinajstić information content (AvgIpc) is 3.83. The SMILES string of the molecule is CN1N=C(N)c2cn([C@@H]3O[C@@H]4CO[Si](C)(C)O[Si](C)(C)OC4[C@@H]3O)c3ncnc1c23.CN1N=C(N)c2cn([C@@H]3O[C@H](CO)C(O)[C@@H]3O)c3ncnc1c23. The number of aliphatic hydroxyl groups is 4. The fourth-order valence-electron chi connectivity index (χ4n) is 7.53. The van der Waals surface area contributed by atoms with E-state index in [1.807, 2.05) is 26.2 Å². The summed E-state index contributed by atoms with van der Waals surface area (Å²) in [5, 5.41) is 53.7. The van der Waals surface area contributed by atoms with Gasteiger partial charge in [0, 0.05) is 37.6 Å². The molecule has 0 amide bonds. The summed E-state index contributed by atoms with van der Waals surface area (Å²) in [6, 6.07) is 0. The van der Waals surface area contributed by atoms with Gasteiger partial charge in [-0.3, -0.25) is 0 Å². The van der Waals surface area contributed by atoms with E-state index in [2.05, 4.69) is 30.1 Å². The standard InChI is InChI=1S/C17H26N6O5Si2.C13H16N6O4/c1-22-15-11-9(14(18)21-22)6-23(16(11)20-8-19-15)17-12(24)13-10(26-17)7-25-29(2,3)28-30(4,5)27-13;1-18-11-7-5(10(14)17-18)2-19(12(7)16-4-15-11)13-9(22)8(21)6(3-20)23-13/h6,8,10,12-13,17,24H,7H2,1-5H3,(H2,18,21);2,4,6,8-9,13,20-22H,3H2,1H3,(H2,14,17)/t10-,12+,13?,17-;6-,8?,9+,13-/m11/s1. The summed E-state index contributed by atoms with van der Waals surface area (Å²) in [5.41, 5.74) is 14.6. The van der Waals surface area contributed by atoms with Crippen LogP contribution in [0.5, 0.6) is 0 Å². The lowest BCUT2D eigenvalue weighted by atomic mass is 10.1. The smallest absolute Gasteiger partial charge is 0.323 e. The molecule has 3 saturated heterocycles. The molecular formula is C30H42N12O9Si2. The zero-order chi connectivity index (χ0) is 37.7. The maximum Gasteiger partial charge on any atom is 0.323 e. The Morgan fingerprint density at radius 2 is 1.28 bits per heavy atom. The quantitative estimate of drug-likeness (QED) is 0.132. The number of rotatable bonds is 3. The zero-order valence-corrected chi connectivity index (χ0v) is 31.8. The van der Waals surface area contributed by atoms with Gasteiger partial charge in [-0.1, -0.05) is 0 Å². The number of aromatic nitrogens is 6. The van der Waals surface area contributed by atoms with Gasteiger partial charge < -0.3 is 63.5 Å². The van der Waals surface area contributed by atoms with Crippen LogP contribution in [0.4, 0.5) is 11.6 Å². The van der Waals surface area contributed by atoms with E-state index >= 15 is 0 Å². The minimum absolute atomic E-state index is 0.292.